The van der Waals surface area contributed by atoms with Crippen molar-refractivity contribution in [2.75, 3.05) is 0 Å². The SMILES string of the molecule is CC(CCC(CC(C)c1cccc(-c2cccc(C(F)(F)F)c2C(F)(F)F)c1)c1ccc(F)cc1)c1ccccc1. The Morgan fingerprint density at radius 2 is 1.22 bits per heavy atom. The summed E-state index contributed by atoms with van der Waals surface area (Å²) in [4.78, 5) is 0. The van der Waals surface area contributed by atoms with Gasteiger partial charge in [-0.2, -0.15) is 26.3 Å². The van der Waals surface area contributed by atoms with E-state index in [0.29, 0.717) is 18.4 Å². The van der Waals surface area contributed by atoms with Gasteiger partial charge in [-0.3, -0.25) is 0 Å². The van der Waals surface area contributed by atoms with E-state index in [9.17, 15) is 30.7 Å². The molecule has 0 spiro atoms. The summed E-state index contributed by atoms with van der Waals surface area (Å²) in [6, 6.07) is 25.3. The summed E-state index contributed by atoms with van der Waals surface area (Å²) in [6.45, 7) is 4.10. The van der Waals surface area contributed by atoms with Crippen molar-refractivity contribution < 1.29 is 30.7 Å². The van der Waals surface area contributed by atoms with Crippen LogP contribution in [0.15, 0.2) is 97.1 Å². The third-order valence-corrected chi connectivity index (χ3v) is 7.72. The second-order valence-corrected chi connectivity index (χ2v) is 10.6. The second-order valence-electron chi connectivity index (χ2n) is 10.6. The summed E-state index contributed by atoms with van der Waals surface area (Å²) < 4.78 is 96.0. The molecule has 3 atom stereocenters. The molecule has 7 heteroatoms. The lowest BCUT2D eigenvalue weighted by Crippen LogP contribution is -2.17. The lowest BCUT2D eigenvalue weighted by atomic mass is 9.81. The van der Waals surface area contributed by atoms with Gasteiger partial charge in [0.1, 0.15) is 5.82 Å². The largest absolute Gasteiger partial charge is 0.417 e. The first-order valence-corrected chi connectivity index (χ1v) is 13.5. The minimum absolute atomic E-state index is 0.0414. The fourth-order valence-electron chi connectivity index (χ4n) is 5.47. The Hall–Kier alpha value is -3.61. The minimum Gasteiger partial charge on any atom is -0.207 e. The smallest absolute Gasteiger partial charge is 0.207 e. The molecule has 4 aromatic carbocycles. The van der Waals surface area contributed by atoms with Gasteiger partial charge in [0.05, 0.1) is 11.1 Å². The van der Waals surface area contributed by atoms with Gasteiger partial charge in [0, 0.05) is 0 Å². The Balaban J connectivity index is 1.63. The molecule has 0 nitrogen and oxygen atoms in total. The zero-order valence-corrected chi connectivity index (χ0v) is 22.7. The van der Waals surface area contributed by atoms with E-state index in [1.165, 1.54) is 23.8 Å². The van der Waals surface area contributed by atoms with Crippen LogP contribution in [-0.4, -0.2) is 0 Å². The molecule has 4 rings (SSSR count). The maximum absolute atomic E-state index is 13.9. The van der Waals surface area contributed by atoms with Crippen LogP contribution in [0.2, 0.25) is 0 Å². The molecule has 0 radical (unpaired) electrons. The van der Waals surface area contributed by atoms with Crippen molar-refractivity contribution in [3.8, 4) is 11.1 Å². The average Bonchev–Trinajstić information content (AvgIpc) is 2.94. The number of halogens is 7. The van der Waals surface area contributed by atoms with Crippen LogP contribution in [0.5, 0.6) is 0 Å². The molecule has 0 bridgehead atoms. The average molecular weight is 573 g/mol. The van der Waals surface area contributed by atoms with Gasteiger partial charge >= 0.3 is 12.4 Å². The Kier molecular flexibility index (Phi) is 9.25. The Morgan fingerprint density at radius 1 is 0.585 bits per heavy atom. The molecule has 0 aliphatic rings. The molecular weight excluding hydrogens is 541 g/mol. The van der Waals surface area contributed by atoms with Crippen molar-refractivity contribution in [2.24, 2.45) is 0 Å². The Morgan fingerprint density at radius 3 is 1.85 bits per heavy atom. The maximum atomic E-state index is 13.9. The second kappa shape index (κ2) is 12.5. The molecule has 0 saturated carbocycles. The van der Waals surface area contributed by atoms with Gasteiger partial charge in [-0.05, 0) is 83.0 Å². The third kappa shape index (κ3) is 7.57. The molecule has 0 aromatic heterocycles. The molecular formula is C34H31F7. The van der Waals surface area contributed by atoms with E-state index in [1.54, 1.807) is 30.3 Å². The van der Waals surface area contributed by atoms with Crippen LogP contribution in [0.3, 0.4) is 0 Å². The molecule has 4 aromatic rings. The molecule has 0 fully saturated rings. The summed E-state index contributed by atoms with van der Waals surface area (Å²) in [5, 5.41) is 0. The maximum Gasteiger partial charge on any atom is 0.417 e. The number of benzene rings is 4. The van der Waals surface area contributed by atoms with Crippen LogP contribution in [-0.2, 0) is 12.4 Å². The minimum atomic E-state index is -5.19. The van der Waals surface area contributed by atoms with Crippen molar-refractivity contribution >= 4 is 0 Å². The molecule has 0 amide bonds. The first kappa shape index (κ1) is 30.4. The summed E-state index contributed by atoms with van der Waals surface area (Å²) in [7, 11) is 0. The molecule has 41 heavy (non-hydrogen) atoms. The normalized spacial score (nSPS) is 14.5. The third-order valence-electron chi connectivity index (χ3n) is 7.72. The van der Waals surface area contributed by atoms with Crippen LogP contribution in [0.4, 0.5) is 30.7 Å². The molecule has 0 saturated heterocycles. The van der Waals surface area contributed by atoms with Gasteiger partial charge in [0.25, 0.3) is 0 Å². The van der Waals surface area contributed by atoms with Gasteiger partial charge < -0.3 is 0 Å². The van der Waals surface area contributed by atoms with Crippen molar-refractivity contribution in [3.63, 3.8) is 0 Å². The fraction of sp³-hybridized carbons (Fsp3) is 0.294. The first-order chi connectivity index (χ1) is 19.3. The van der Waals surface area contributed by atoms with Gasteiger partial charge in [-0.15, -0.1) is 0 Å². The summed E-state index contributed by atoms with van der Waals surface area (Å²) >= 11 is 0. The van der Waals surface area contributed by atoms with E-state index in [-0.39, 0.29) is 23.2 Å². The molecule has 0 aliphatic heterocycles. The summed E-state index contributed by atoms with van der Waals surface area (Å²) in [5.74, 6) is -0.135. The lowest BCUT2D eigenvalue weighted by molar-refractivity contribution is -0.161. The predicted molar refractivity (Wildman–Crippen MR) is 148 cm³/mol. The van der Waals surface area contributed by atoms with Crippen molar-refractivity contribution in [1.82, 2.24) is 0 Å². The van der Waals surface area contributed by atoms with E-state index < -0.39 is 29.0 Å². The fourth-order valence-corrected chi connectivity index (χ4v) is 5.47. The Labute approximate surface area is 235 Å². The van der Waals surface area contributed by atoms with E-state index in [4.69, 9.17) is 0 Å². The monoisotopic (exact) mass is 572 g/mol. The van der Waals surface area contributed by atoms with E-state index in [2.05, 4.69) is 19.1 Å². The van der Waals surface area contributed by atoms with Gasteiger partial charge in [0.2, 0.25) is 0 Å². The van der Waals surface area contributed by atoms with E-state index in [0.717, 1.165) is 36.1 Å². The van der Waals surface area contributed by atoms with Crippen LogP contribution < -0.4 is 0 Å². The van der Waals surface area contributed by atoms with Crippen LogP contribution in [0.1, 0.15) is 78.7 Å². The van der Waals surface area contributed by atoms with Crippen LogP contribution in [0, 0.1) is 5.82 Å². The molecule has 216 valence electrons. The highest BCUT2D eigenvalue weighted by Crippen LogP contribution is 2.45. The van der Waals surface area contributed by atoms with Gasteiger partial charge in [-0.25, -0.2) is 4.39 Å². The van der Waals surface area contributed by atoms with Gasteiger partial charge in [0.15, 0.2) is 0 Å². The highest BCUT2D eigenvalue weighted by atomic mass is 19.4. The van der Waals surface area contributed by atoms with Gasteiger partial charge in [-0.1, -0.05) is 92.7 Å². The predicted octanol–water partition coefficient (Wildman–Crippen LogP) is 11.4. The first-order valence-electron chi connectivity index (χ1n) is 13.5. The van der Waals surface area contributed by atoms with E-state index >= 15 is 0 Å². The van der Waals surface area contributed by atoms with Crippen LogP contribution >= 0.6 is 0 Å². The highest BCUT2D eigenvalue weighted by molar-refractivity contribution is 5.70. The zero-order valence-electron chi connectivity index (χ0n) is 22.7. The highest BCUT2D eigenvalue weighted by Gasteiger charge is 2.44. The number of hydrogen-bond donors (Lipinski definition) is 0. The molecule has 0 aliphatic carbocycles. The molecule has 0 N–H and O–H groups in total. The number of alkyl halides is 6. The van der Waals surface area contributed by atoms with E-state index in [1.807, 2.05) is 25.1 Å². The van der Waals surface area contributed by atoms with Crippen molar-refractivity contribution in [1.29, 1.82) is 0 Å². The van der Waals surface area contributed by atoms with Crippen LogP contribution in [0.25, 0.3) is 11.1 Å². The quantitative estimate of drug-likeness (QED) is 0.175. The molecule has 0 heterocycles. The summed E-state index contributed by atoms with van der Waals surface area (Å²) in [5.41, 5.74) is -0.922. The number of hydrogen-bond acceptors (Lipinski definition) is 0. The Bertz CT molecular complexity index is 1420. The molecule has 3 unspecified atom stereocenters. The topological polar surface area (TPSA) is 0 Å². The zero-order chi connectivity index (χ0) is 29.8. The summed E-state index contributed by atoms with van der Waals surface area (Å²) in [6.07, 6.45) is -8.03. The standard InChI is InChI=1S/C34H31F7/c1-22(24-8-4-3-5-9-24)14-15-27(25-16-18-29(35)19-17-25)20-23(2)26-10-6-11-28(21-26)30-12-7-13-31(33(36,37)38)32(30)34(39,40)41/h3-13,16-19,21-23,27H,14-15,20H2,1-2H3. The number of rotatable bonds is 9. The van der Waals surface area contributed by atoms with Crippen molar-refractivity contribution in [3.05, 3.63) is 131 Å². The van der Waals surface area contributed by atoms with Crippen molar-refractivity contribution in [2.45, 2.75) is 63.2 Å². The lowest BCUT2D eigenvalue weighted by Gasteiger charge is -2.24.